The molecule has 1 aromatic heterocycles. The molecule has 0 unspecified atom stereocenters. The van der Waals surface area contributed by atoms with Crippen LogP contribution in [0.5, 0.6) is 0 Å². The molecule has 0 fully saturated rings. The molecule has 0 spiro atoms. The smallest absolute Gasteiger partial charge is 0.325 e. The number of hydrogen-bond donors (Lipinski definition) is 0. The van der Waals surface area contributed by atoms with E-state index in [1.807, 2.05) is 62.2 Å². The number of carbonyl (C=O) groups is 1. The highest BCUT2D eigenvalue weighted by molar-refractivity contribution is 9.10. The first-order valence-electron chi connectivity index (χ1n) is 9.11. The van der Waals surface area contributed by atoms with E-state index < -0.39 is 0 Å². The van der Waals surface area contributed by atoms with Crippen LogP contribution in [0.25, 0.3) is 22.0 Å². The van der Waals surface area contributed by atoms with Gasteiger partial charge in [0.2, 0.25) is 0 Å². The predicted octanol–water partition coefficient (Wildman–Crippen LogP) is 5.69. The van der Waals surface area contributed by atoms with Gasteiger partial charge in [-0.25, -0.2) is 4.98 Å². The Bertz CT molecular complexity index is 897. The maximum Gasteiger partial charge on any atom is 0.325 e. The molecular weight excluding hydrogens is 404 g/mol. The molecule has 0 radical (unpaired) electrons. The molecule has 0 saturated heterocycles. The molecule has 0 atom stereocenters. The number of nitrogens with zero attached hydrogens (tertiary/aromatic N) is 2. The summed E-state index contributed by atoms with van der Waals surface area (Å²) >= 11 is 3.54. The molecule has 3 rings (SSSR count). The number of halogens is 1. The van der Waals surface area contributed by atoms with Crippen molar-refractivity contribution in [2.24, 2.45) is 0 Å². The van der Waals surface area contributed by atoms with Crippen molar-refractivity contribution < 1.29 is 9.53 Å². The summed E-state index contributed by atoms with van der Waals surface area (Å²) in [5.74, 6) is 0.477. The second-order valence-electron chi connectivity index (χ2n) is 5.72. The van der Waals surface area contributed by atoms with E-state index in [-0.39, 0.29) is 12.5 Å². The lowest BCUT2D eigenvalue weighted by atomic mass is 10.0. The number of fused-ring (bicyclic) bond motifs is 1. The van der Waals surface area contributed by atoms with E-state index in [4.69, 9.17) is 9.72 Å². The Kier molecular flexibility index (Phi) is 7.80. The third kappa shape index (κ3) is 5.30. The van der Waals surface area contributed by atoms with Gasteiger partial charge in [0.1, 0.15) is 12.4 Å². The highest BCUT2D eigenvalue weighted by atomic mass is 79.9. The van der Waals surface area contributed by atoms with E-state index in [1.54, 1.807) is 6.92 Å². The van der Waals surface area contributed by atoms with Gasteiger partial charge in [-0.15, -0.1) is 0 Å². The number of ether oxygens (including phenoxy) is 1. The zero-order valence-corrected chi connectivity index (χ0v) is 17.8. The number of aromatic nitrogens is 1. The van der Waals surface area contributed by atoms with Crippen molar-refractivity contribution in [1.82, 2.24) is 4.98 Å². The summed E-state index contributed by atoms with van der Waals surface area (Å²) in [6, 6.07) is 18.2. The Balaban J connectivity index is 0.00000126. The van der Waals surface area contributed by atoms with Crippen LogP contribution in [-0.2, 0) is 9.53 Å². The first kappa shape index (κ1) is 20.9. The van der Waals surface area contributed by atoms with Crippen LogP contribution in [0.15, 0.2) is 59.1 Å². The SMILES string of the molecule is CC.CCOC(=O)CN(C)c1cc(-c2ccccc2)c2cc(Br)ccc2n1. The van der Waals surface area contributed by atoms with Crippen molar-refractivity contribution in [1.29, 1.82) is 0 Å². The molecule has 27 heavy (non-hydrogen) atoms. The van der Waals surface area contributed by atoms with E-state index in [0.29, 0.717) is 6.61 Å². The molecule has 5 heteroatoms. The fraction of sp³-hybridized carbons (Fsp3) is 0.273. The van der Waals surface area contributed by atoms with Crippen LogP contribution >= 0.6 is 15.9 Å². The summed E-state index contributed by atoms with van der Waals surface area (Å²) < 4.78 is 6.04. The Morgan fingerprint density at radius 3 is 2.48 bits per heavy atom. The van der Waals surface area contributed by atoms with Gasteiger partial charge in [-0.05, 0) is 42.3 Å². The maximum absolute atomic E-state index is 11.8. The summed E-state index contributed by atoms with van der Waals surface area (Å²) in [6.07, 6.45) is 0. The minimum absolute atomic E-state index is 0.164. The molecule has 3 aromatic rings. The fourth-order valence-corrected chi connectivity index (χ4v) is 3.08. The highest BCUT2D eigenvalue weighted by Crippen LogP contribution is 2.32. The van der Waals surface area contributed by atoms with E-state index in [9.17, 15) is 4.79 Å². The number of esters is 1. The molecule has 4 nitrogen and oxygen atoms in total. The van der Waals surface area contributed by atoms with Crippen LogP contribution in [0.4, 0.5) is 5.82 Å². The van der Waals surface area contributed by atoms with E-state index in [0.717, 1.165) is 32.3 Å². The highest BCUT2D eigenvalue weighted by Gasteiger charge is 2.14. The van der Waals surface area contributed by atoms with E-state index in [2.05, 4.69) is 34.1 Å². The summed E-state index contributed by atoms with van der Waals surface area (Å²) in [5, 5.41) is 1.06. The van der Waals surface area contributed by atoms with Crippen molar-refractivity contribution in [2.45, 2.75) is 20.8 Å². The number of benzene rings is 2. The third-order valence-corrected chi connectivity index (χ3v) is 4.40. The topological polar surface area (TPSA) is 42.4 Å². The zero-order chi connectivity index (χ0) is 19.8. The molecule has 0 N–H and O–H groups in total. The summed E-state index contributed by atoms with van der Waals surface area (Å²) in [6.45, 7) is 6.34. The lowest BCUT2D eigenvalue weighted by molar-refractivity contribution is -0.141. The minimum Gasteiger partial charge on any atom is -0.465 e. The quantitative estimate of drug-likeness (QED) is 0.489. The monoisotopic (exact) mass is 428 g/mol. The summed E-state index contributed by atoms with van der Waals surface area (Å²) in [7, 11) is 1.85. The first-order chi connectivity index (χ1) is 13.1. The lowest BCUT2D eigenvalue weighted by Gasteiger charge is -2.19. The Labute approximate surface area is 169 Å². The molecular formula is C22H25BrN2O2. The molecule has 1 heterocycles. The molecule has 0 amide bonds. The number of pyridine rings is 1. The largest absolute Gasteiger partial charge is 0.465 e. The first-order valence-corrected chi connectivity index (χ1v) is 9.90. The summed E-state index contributed by atoms with van der Waals surface area (Å²) in [5.41, 5.74) is 3.08. The number of rotatable bonds is 5. The minimum atomic E-state index is -0.260. The Morgan fingerprint density at radius 1 is 1.11 bits per heavy atom. The van der Waals surface area contributed by atoms with Gasteiger partial charge in [-0.3, -0.25) is 4.79 Å². The second-order valence-corrected chi connectivity index (χ2v) is 6.63. The van der Waals surface area contributed by atoms with Gasteiger partial charge in [-0.1, -0.05) is 60.1 Å². The van der Waals surface area contributed by atoms with Crippen molar-refractivity contribution in [3.63, 3.8) is 0 Å². The van der Waals surface area contributed by atoms with Crippen LogP contribution in [0.1, 0.15) is 20.8 Å². The number of likely N-dealkylation sites (N-methyl/N-ethyl adjacent to an activating group) is 1. The average Bonchev–Trinajstić information content (AvgIpc) is 2.69. The van der Waals surface area contributed by atoms with Gasteiger partial charge in [-0.2, -0.15) is 0 Å². The van der Waals surface area contributed by atoms with Crippen LogP contribution in [-0.4, -0.2) is 31.2 Å². The standard InChI is InChI=1S/C20H19BrN2O2.C2H6/c1-3-25-20(24)13-23(2)19-12-16(14-7-5-4-6-8-14)17-11-15(21)9-10-18(17)22-19;1-2/h4-12H,3,13H2,1-2H3;1-2H3. The van der Waals surface area contributed by atoms with Crippen LogP contribution in [0, 0.1) is 0 Å². The molecule has 2 aromatic carbocycles. The number of anilines is 1. The molecule has 0 aliphatic heterocycles. The van der Waals surface area contributed by atoms with Gasteiger partial charge in [0.15, 0.2) is 0 Å². The molecule has 142 valence electrons. The number of hydrogen-bond acceptors (Lipinski definition) is 4. The van der Waals surface area contributed by atoms with E-state index >= 15 is 0 Å². The number of carbonyl (C=O) groups excluding carboxylic acids is 1. The van der Waals surface area contributed by atoms with Crippen LogP contribution < -0.4 is 4.90 Å². The van der Waals surface area contributed by atoms with Gasteiger partial charge in [0.25, 0.3) is 0 Å². The zero-order valence-electron chi connectivity index (χ0n) is 16.2. The molecule has 0 saturated carbocycles. The van der Waals surface area contributed by atoms with E-state index in [1.165, 1.54) is 0 Å². The predicted molar refractivity (Wildman–Crippen MR) is 116 cm³/mol. The van der Waals surface area contributed by atoms with Gasteiger partial charge in [0.05, 0.1) is 12.1 Å². The third-order valence-electron chi connectivity index (χ3n) is 3.90. The van der Waals surface area contributed by atoms with Crippen molar-refractivity contribution >= 4 is 38.6 Å². The Morgan fingerprint density at radius 2 is 1.81 bits per heavy atom. The van der Waals surface area contributed by atoms with Crippen molar-refractivity contribution in [3.05, 3.63) is 59.1 Å². The van der Waals surface area contributed by atoms with Crippen molar-refractivity contribution in [3.8, 4) is 11.1 Å². The van der Waals surface area contributed by atoms with Gasteiger partial charge in [0, 0.05) is 16.9 Å². The molecule has 0 aliphatic rings. The second kappa shape index (κ2) is 10.1. The molecule has 0 bridgehead atoms. The summed E-state index contributed by atoms with van der Waals surface area (Å²) in [4.78, 5) is 18.3. The van der Waals surface area contributed by atoms with Crippen LogP contribution in [0.2, 0.25) is 0 Å². The average molecular weight is 429 g/mol. The van der Waals surface area contributed by atoms with Gasteiger partial charge < -0.3 is 9.64 Å². The van der Waals surface area contributed by atoms with Crippen molar-refractivity contribution in [2.75, 3.05) is 25.1 Å². The van der Waals surface area contributed by atoms with Crippen LogP contribution in [0.3, 0.4) is 0 Å². The Hall–Kier alpha value is -2.40. The molecule has 0 aliphatic carbocycles. The maximum atomic E-state index is 11.8. The fourth-order valence-electron chi connectivity index (χ4n) is 2.72. The lowest BCUT2D eigenvalue weighted by Crippen LogP contribution is -2.27. The normalized spacial score (nSPS) is 10.1. The van der Waals surface area contributed by atoms with Gasteiger partial charge >= 0.3 is 5.97 Å².